The molecule has 2 aliphatic heterocycles. The molecule has 2 aliphatic rings. The lowest BCUT2D eigenvalue weighted by molar-refractivity contribution is -0.386. The lowest BCUT2D eigenvalue weighted by Gasteiger charge is -2.45. The molecule has 5 heteroatoms. The van der Waals surface area contributed by atoms with Gasteiger partial charge in [0.15, 0.2) is 0 Å². The first-order chi connectivity index (χ1) is 11.8. The van der Waals surface area contributed by atoms with Crippen LogP contribution in [-0.2, 0) is 5.41 Å². The van der Waals surface area contributed by atoms with E-state index >= 15 is 0 Å². The van der Waals surface area contributed by atoms with Crippen LogP contribution in [0.4, 0.5) is 11.4 Å². The number of aryl methyl sites for hydroxylation is 1. The second kappa shape index (κ2) is 4.85. The van der Waals surface area contributed by atoms with Gasteiger partial charge in [0.2, 0.25) is 11.5 Å². The van der Waals surface area contributed by atoms with Crippen LogP contribution in [0, 0.1) is 17.0 Å². The molecule has 25 heavy (non-hydrogen) atoms. The average Bonchev–Trinajstić information content (AvgIpc) is 2.74. The normalized spacial score (nSPS) is 22.5. The van der Waals surface area contributed by atoms with Gasteiger partial charge in [-0.15, -0.1) is 0 Å². The average molecular weight is 336 g/mol. The zero-order chi connectivity index (χ0) is 18.0. The van der Waals surface area contributed by atoms with Crippen molar-refractivity contribution in [2.24, 2.45) is 0 Å². The van der Waals surface area contributed by atoms with Gasteiger partial charge in [-0.05, 0) is 44.1 Å². The molecule has 5 nitrogen and oxygen atoms in total. The van der Waals surface area contributed by atoms with Crippen molar-refractivity contribution in [1.29, 1.82) is 0 Å². The second-order valence-electron chi connectivity index (χ2n) is 7.24. The molecule has 2 aromatic carbocycles. The fourth-order valence-electron chi connectivity index (χ4n) is 4.22. The van der Waals surface area contributed by atoms with E-state index in [4.69, 9.17) is 4.74 Å². The summed E-state index contributed by atoms with van der Waals surface area (Å²) in [6.07, 6.45) is 3.96. The lowest BCUT2D eigenvalue weighted by Crippen LogP contribution is -2.58. The Morgan fingerprint density at radius 3 is 2.56 bits per heavy atom. The summed E-state index contributed by atoms with van der Waals surface area (Å²) in [5.41, 5.74) is 3.02. The molecule has 0 N–H and O–H groups in total. The molecule has 1 unspecified atom stereocenters. The third kappa shape index (κ3) is 1.83. The van der Waals surface area contributed by atoms with Gasteiger partial charge in [-0.2, -0.15) is 0 Å². The number of fused-ring (bicyclic) bond motifs is 2. The monoisotopic (exact) mass is 336 g/mol. The number of benzene rings is 2. The Kier molecular flexibility index (Phi) is 3.04. The molecule has 0 bridgehead atoms. The minimum atomic E-state index is -0.805. The number of nitro benzene ring substituents is 1. The van der Waals surface area contributed by atoms with E-state index in [1.165, 1.54) is 11.6 Å². The van der Waals surface area contributed by atoms with E-state index in [1.54, 1.807) is 6.07 Å². The molecular formula is C20H20N2O3. The quantitative estimate of drug-likeness (QED) is 0.571. The number of hydrogen-bond donors (Lipinski definition) is 0. The van der Waals surface area contributed by atoms with Crippen molar-refractivity contribution >= 4 is 17.5 Å². The van der Waals surface area contributed by atoms with Crippen molar-refractivity contribution in [1.82, 2.24) is 0 Å². The summed E-state index contributed by atoms with van der Waals surface area (Å²) in [5.74, 6) is 0.334. The van der Waals surface area contributed by atoms with E-state index in [0.717, 1.165) is 16.8 Å². The molecule has 0 aromatic heterocycles. The van der Waals surface area contributed by atoms with Gasteiger partial charge in [0.1, 0.15) is 0 Å². The van der Waals surface area contributed by atoms with E-state index < -0.39 is 5.72 Å². The summed E-state index contributed by atoms with van der Waals surface area (Å²) < 4.78 is 6.44. The second-order valence-corrected chi connectivity index (χ2v) is 7.24. The van der Waals surface area contributed by atoms with Crippen molar-refractivity contribution in [3.05, 3.63) is 69.3 Å². The summed E-state index contributed by atoms with van der Waals surface area (Å²) in [7, 11) is 1.99. The molecule has 2 aromatic rings. The van der Waals surface area contributed by atoms with Crippen molar-refractivity contribution in [3.8, 4) is 5.75 Å². The molecule has 0 amide bonds. The molecule has 0 fully saturated rings. The van der Waals surface area contributed by atoms with Crippen LogP contribution in [0.25, 0.3) is 6.08 Å². The number of nitrogens with zero attached hydrogens (tertiary/aromatic N) is 2. The smallest absolute Gasteiger partial charge is 0.311 e. The minimum Gasteiger partial charge on any atom is -0.456 e. The Bertz CT molecular complexity index is 933. The minimum absolute atomic E-state index is 0.00176. The predicted molar refractivity (Wildman–Crippen MR) is 98.1 cm³/mol. The first kappa shape index (κ1) is 15.7. The number of para-hydroxylation sites is 2. The molecule has 0 aliphatic carbocycles. The largest absolute Gasteiger partial charge is 0.456 e. The highest BCUT2D eigenvalue weighted by Crippen LogP contribution is 2.56. The van der Waals surface area contributed by atoms with Crippen LogP contribution in [0.2, 0.25) is 0 Å². The maximum absolute atomic E-state index is 11.5. The van der Waals surface area contributed by atoms with Gasteiger partial charge in [-0.25, -0.2) is 0 Å². The third-order valence-electron chi connectivity index (χ3n) is 5.61. The molecule has 1 atom stereocenters. The van der Waals surface area contributed by atoms with Crippen LogP contribution in [0.1, 0.15) is 30.5 Å². The number of ether oxygens (including phenoxy) is 1. The predicted octanol–water partition coefficient (Wildman–Crippen LogP) is 4.43. The molecule has 2 heterocycles. The zero-order valence-corrected chi connectivity index (χ0v) is 14.7. The maximum atomic E-state index is 11.5. The van der Waals surface area contributed by atoms with Crippen LogP contribution < -0.4 is 9.64 Å². The highest BCUT2D eigenvalue weighted by Gasteiger charge is 2.58. The standard InChI is InChI=1S/C20H20N2O3/c1-13-7-5-9-15-17(13)21(4)20(19(15,2)3)12-11-14-8-6-10-16(22(23)24)18(14)25-20/h5-12H,1-4H3. The van der Waals surface area contributed by atoms with Gasteiger partial charge >= 0.3 is 5.69 Å². The van der Waals surface area contributed by atoms with E-state index in [-0.39, 0.29) is 16.0 Å². The molecule has 0 saturated heterocycles. The summed E-state index contributed by atoms with van der Waals surface area (Å²) in [6, 6.07) is 11.3. The Balaban J connectivity index is 1.94. The Hall–Kier alpha value is -2.82. The Morgan fingerprint density at radius 2 is 1.88 bits per heavy atom. The first-order valence-electron chi connectivity index (χ1n) is 8.29. The molecule has 0 saturated carbocycles. The van der Waals surface area contributed by atoms with Gasteiger partial charge in [0.25, 0.3) is 0 Å². The summed E-state index contributed by atoms with van der Waals surface area (Å²) >= 11 is 0. The Labute approximate surface area is 146 Å². The molecule has 4 rings (SSSR count). The van der Waals surface area contributed by atoms with Gasteiger partial charge in [-0.3, -0.25) is 10.1 Å². The number of nitro groups is 1. The number of anilines is 1. The molecule has 1 spiro atoms. The van der Waals surface area contributed by atoms with Crippen LogP contribution in [0.15, 0.2) is 42.5 Å². The molecular weight excluding hydrogens is 316 g/mol. The Morgan fingerprint density at radius 1 is 1.16 bits per heavy atom. The van der Waals surface area contributed by atoms with Crippen LogP contribution in [-0.4, -0.2) is 17.7 Å². The van der Waals surface area contributed by atoms with Crippen LogP contribution in [0.5, 0.6) is 5.75 Å². The third-order valence-corrected chi connectivity index (χ3v) is 5.61. The van der Waals surface area contributed by atoms with Crippen LogP contribution >= 0.6 is 0 Å². The number of likely N-dealkylation sites (N-methyl/N-ethyl adjacent to an activating group) is 1. The zero-order valence-electron chi connectivity index (χ0n) is 14.7. The first-order valence-corrected chi connectivity index (χ1v) is 8.29. The molecule has 128 valence electrons. The van der Waals surface area contributed by atoms with E-state index in [0.29, 0.717) is 5.75 Å². The topological polar surface area (TPSA) is 55.6 Å². The summed E-state index contributed by atoms with van der Waals surface area (Å²) in [5, 5.41) is 11.5. The highest BCUT2D eigenvalue weighted by atomic mass is 16.6. The molecule has 0 radical (unpaired) electrons. The van der Waals surface area contributed by atoms with Crippen LogP contribution in [0.3, 0.4) is 0 Å². The fraction of sp³-hybridized carbons (Fsp3) is 0.300. The van der Waals surface area contributed by atoms with Crippen molar-refractivity contribution in [3.63, 3.8) is 0 Å². The fourth-order valence-corrected chi connectivity index (χ4v) is 4.22. The highest BCUT2D eigenvalue weighted by molar-refractivity contribution is 5.75. The summed E-state index contributed by atoms with van der Waals surface area (Å²) in [4.78, 5) is 13.2. The van der Waals surface area contributed by atoms with Crippen molar-refractivity contribution in [2.75, 3.05) is 11.9 Å². The van der Waals surface area contributed by atoms with Gasteiger partial charge in [-0.1, -0.05) is 30.3 Å². The van der Waals surface area contributed by atoms with E-state index in [1.807, 2.05) is 31.3 Å². The maximum Gasteiger partial charge on any atom is 0.311 e. The van der Waals surface area contributed by atoms with Crippen molar-refractivity contribution < 1.29 is 9.66 Å². The van der Waals surface area contributed by atoms with E-state index in [9.17, 15) is 10.1 Å². The number of rotatable bonds is 1. The van der Waals surface area contributed by atoms with Gasteiger partial charge in [0, 0.05) is 24.4 Å². The van der Waals surface area contributed by atoms with E-state index in [2.05, 4.69) is 37.8 Å². The summed E-state index contributed by atoms with van der Waals surface area (Å²) in [6.45, 7) is 6.32. The van der Waals surface area contributed by atoms with Crippen molar-refractivity contribution in [2.45, 2.75) is 31.9 Å². The van der Waals surface area contributed by atoms with Gasteiger partial charge in [0.05, 0.1) is 10.3 Å². The van der Waals surface area contributed by atoms with Gasteiger partial charge < -0.3 is 9.64 Å². The SMILES string of the molecule is Cc1cccc2c1N(C)C1(C=Cc3cccc([N+](=O)[O-])c3O1)C2(C)C. The number of hydrogen-bond acceptors (Lipinski definition) is 4. The lowest BCUT2D eigenvalue weighted by atomic mass is 9.76.